The molecule has 0 radical (unpaired) electrons. The molecule has 2 aromatic heterocycles. The zero-order valence-electron chi connectivity index (χ0n) is 14.1. The number of thiazole rings is 1. The van der Waals surface area contributed by atoms with E-state index in [2.05, 4.69) is 4.98 Å². The number of hydrogen-bond acceptors (Lipinski definition) is 9. The fourth-order valence-corrected chi connectivity index (χ4v) is 4.04. The molecule has 27 heavy (non-hydrogen) atoms. The third-order valence-corrected chi connectivity index (χ3v) is 5.76. The zero-order valence-corrected chi connectivity index (χ0v) is 15.7. The maximum atomic E-state index is 12.3. The van der Waals surface area contributed by atoms with Crippen LogP contribution in [-0.4, -0.2) is 17.7 Å². The van der Waals surface area contributed by atoms with Gasteiger partial charge in [-0.15, -0.1) is 11.3 Å². The van der Waals surface area contributed by atoms with Crippen molar-refractivity contribution in [1.29, 1.82) is 0 Å². The number of aromatic nitrogens is 1. The summed E-state index contributed by atoms with van der Waals surface area (Å²) in [5.41, 5.74) is 0.772. The van der Waals surface area contributed by atoms with E-state index in [1.54, 1.807) is 12.1 Å². The number of aryl methyl sites for hydroxylation is 1. The predicted octanol–water partition coefficient (Wildman–Crippen LogP) is 3.64. The quantitative estimate of drug-likeness (QED) is 0.471. The normalized spacial score (nSPS) is 12.2. The summed E-state index contributed by atoms with van der Waals surface area (Å²) in [6.07, 6.45) is 1.15. The summed E-state index contributed by atoms with van der Waals surface area (Å²) in [6.45, 7) is 2.03. The number of nitrogens with zero attached hydrogens (tertiary/aromatic N) is 1. The lowest BCUT2D eigenvalue weighted by atomic mass is 10.2. The number of benzene rings is 1. The van der Waals surface area contributed by atoms with Gasteiger partial charge in [0.15, 0.2) is 15.8 Å². The molecule has 3 aromatic rings. The van der Waals surface area contributed by atoms with Crippen LogP contribution in [0.2, 0.25) is 0 Å². The Hall–Kier alpha value is -2.78. The molecule has 1 aromatic carbocycles. The summed E-state index contributed by atoms with van der Waals surface area (Å²) in [4.78, 5) is 28.8. The highest BCUT2D eigenvalue weighted by molar-refractivity contribution is 8.00. The summed E-state index contributed by atoms with van der Waals surface area (Å²) >= 11 is 3.01. The van der Waals surface area contributed by atoms with Crippen molar-refractivity contribution in [2.24, 2.45) is 0 Å². The second kappa shape index (κ2) is 7.45. The average Bonchev–Trinajstić information content (AvgIpc) is 3.29. The van der Waals surface area contributed by atoms with Crippen LogP contribution in [0.1, 0.15) is 21.8 Å². The fraction of sp³-hybridized carbons (Fsp3) is 0.167. The van der Waals surface area contributed by atoms with Crippen LogP contribution in [0.25, 0.3) is 0 Å². The maximum Gasteiger partial charge on any atom is 0.343 e. The van der Waals surface area contributed by atoms with Crippen LogP contribution in [0.15, 0.2) is 49.5 Å². The van der Waals surface area contributed by atoms with Crippen molar-refractivity contribution in [3.8, 4) is 17.2 Å². The van der Waals surface area contributed by atoms with Gasteiger partial charge >= 0.3 is 5.97 Å². The van der Waals surface area contributed by atoms with Crippen molar-refractivity contribution < 1.29 is 23.4 Å². The second-order valence-corrected chi connectivity index (χ2v) is 7.66. The van der Waals surface area contributed by atoms with Crippen molar-refractivity contribution in [2.75, 3.05) is 6.79 Å². The highest BCUT2D eigenvalue weighted by Crippen LogP contribution is 2.32. The first-order valence-corrected chi connectivity index (χ1v) is 9.73. The molecule has 4 rings (SSSR count). The van der Waals surface area contributed by atoms with Crippen molar-refractivity contribution in [3.63, 3.8) is 0 Å². The Morgan fingerprint density at radius 2 is 2.15 bits per heavy atom. The molecule has 0 atom stereocenters. The highest BCUT2D eigenvalue weighted by Gasteiger charge is 2.18. The van der Waals surface area contributed by atoms with E-state index in [1.165, 1.54) is 35.2 Å². The number of carbonyl (C=O) groups excluding carboxylic acids is 1. The summed E-state index contributed by atoms with van der Waals surface area (Å²) < 4.78 is 21.9. The Balaban J connectivity index is 1.43. The Morgan fingerprint density at radius 3 is 2.93 bits per heavy atom. The molecule has 0 amide bonds. The van der Waals surface area contributed by atoms with E-state index in [0.717, 1.165) is 16.3 Å². The van der Waals surface area contributed by atoms with E-state index in [-0.39, 0.29) is 18.1 Å². The lowest BCUT2D eigenvalue weighted by Crippen LogP contribution is -2.14. The number of thioether (sulfide) groups is 1. The van der Waals surface area contributed by atoms with Crippen LogP contribution >= 0.6 is 23.1 Å². The molecule has 1 aliphatic heterocycles. The van der Waals surface area contributed by atoms with Crippen LogP contribution in [-0.2, 0) is 5.75 Å². The van der Waals surface area contributed by atoms with E-state index in [0.29, 0.717) is 23.0 Å². The molecular weight excluding hydrogens is 390 g/mol. The van der Waals surface area contributed by atoms with Crippen LogP contribution in [0.5, 0.6) is 17.2 Å². The molecule has 0 bridgehead atoms. The minimum absolute atomic E-state index is 0.109. The zero-order chi connectivity index (χ0) is 18.8. The maximum absolute atomic E-state index is 12.3. The van der Waals surface area contributed by atoms with Gasteiger partial charge in [0.05, 0.1) is 11.3 Å². The molecule has 138 valence electrons. The van der Waals surface area contributed by atoms with Crippen LogP contribution in [0.3, 0.4) is 0 Å². The molecule has 0 saturated carbocycles. The molecule has 0 unspecified atom stereocenters. The number of carbonyl (C=O) groups is 1. The molecular formula is C18H13NO6S2. The minimum atomic E-state index is -0.680. The number of ether oxygens (including phenoxy) is 3. The van der Waals surface area contributed by atoms with Gasteiger partial charge in [0.1, 0.15) is 12.0 Å². The molecule has 0 fully saturated rings. The van der Waals surface area contributed by atoms with Crippen molar-refractivity contribution in [3.05, 3.63) is 63.1 Å². The molecule has 1 aliphatic rings. The third-order valence-electron chi connectivity index (χ3n) is 3.60. The molecule has 0 saturated heterocycles. The largest absolute Gasteiger partial charge is 0.464 e. The monoisotopic (exact) mass is 403 g/mol. The first-order chi connectivity index (χ1) is 13.1. The highest BCUT2D eigenvalue weighted by atomic mass is 32.2. The van der Waals surface area contributed by atoms with Crippen LogP contribution in [0, 0.1) is 6.92 Å². The van der Waals surface area contributed by atoms with Crippen molar-refractivity contribution in [2.45, 2.75) is 17.0 Å². The average molecular weight is 403 g/mol. The minimum Gasteiger partial charge on any atom is -0.464 e. The van der Waals surface area contributed by atoms with E-state index in [1.807, 2.05) is 12.3 Å². The summed E-state index contributed by atoms with van der Waals surface area (Å²) in [6, 6.07) is 5.98. The van der Waals surface area contributed by atoms with E-state index >= 15 is 0 Å². The van der Waals surface area contributed by atoms with E-state index in [4.69, 9.17) is 18.6 Å². The van der Waals surface area contributed by atoms with Crippen molar-refractivity contribution in [1.82, 2.24) is 4.98 Å². The van der Waals surface area contributed by atoms with Gasteiger partial charge in [0.25, 0.3) is 0 Å². The van der Waals surface area contributed by atoms with Crippen molar-refractivity contribution >= 4 is 29.1 Å². The summed E-state index contributed by atoms with van der Waals surface area (Å²) in [7, 11) is 0. The summed E-state index contributed by atoms with van der Waals surface area (Å²) in [5, 5.41) is 1.96. The Kier molecular flexibility index (Phi) is 4.87. The fourth-order valence-electron chi connectivity index (χ4n) is 2.30. The Labute approximate surface area is 161 Å². The number of esters is 1. The van der Waals surface area contributed by atoms with Gasteiger partial charge in [-0.25, -0.2) is 9.78 Å². The lowest BCUT2D eigenvalue weighted by Gasteiger charge is -2.05. The van der Waals surface area contributed by atoms with Gasteiger partial charge in [0, 0.05) is 17.1 Å². The standard InChI is InChI=1S/C18H13NO6S2/c1-10-7-26-18(19-10)27-8-12-5-13(20)16(6-22-12)25-17(21)11-2-3-14-15(4-11)24-9-23-14/h2-7H,8-9H2,1H3. The number of hydrogen-bond donors (Lipinski definition) is 0. The van der Waals surface area contributed by atoms with Crippen LogP contribution in [0.4, 0.5) is 0 Å². The molecule has 0 N–H and O–H groups in total. The summed E-state index contributed by atoms with van der Waals surface area (Å²) in [5.74, 6) is 1.10. The van der Waals surface area contributed by atoms with Gasteiger partial charge < -0.3 is 18.6 Å². The van der Waals surface area contributed by atoms with Gasteiger partial charge in [-0.2, -0.15) is 0 Å². The van der Waals surface area contributed by atoms with E-state index < -0.39 is 11.4 Å². The Bertz CT molecular complexity index is 1060. The first kappa shape index (κ1) is 17.6. The molecule has 0 spiro atoms. The lowest BCUT2D eigenvalue weighted by molar-refractivity contribution is 0.0728. The van der Waals surface area contributed by atoms with E-state index in [9.17, 15) is 9.59 Å². The van der Waals surface area contributed by atoms with Gasteiger partial charge in [-0.05, 0) is 25.1 Å². The van der Waals surface area contributed by atoms with Crippen LogP contribution < -0.4 is 19.6 Å². The first-order valence-electron chi connectivity index (χ1n) is 7.87. The number of rotatable bonds is 5. The molecule has 7 nitrogen and oxygen atoms in total. The molecule has 9 heteroatoms. The SMILES string of the molecule is Cc1csc(SCc2cc(=O)c(OC(=O)c3ccc4c(c3)OCO4)co2)n1. The number of fused-ring (bicyclic) bond motifs is 1. The molecule has 3 heterocycles. The second-order valence-electron chi connectivity index (χ2n) is 5.58. The smallest absolute Gasteiger partial charge is 0.343 e. The van der Waals surface area contributed by atoms with Gasteiger partial charge in [0.2, 0.25) is 18.0 Å². The molecule has 0 aliphatic carbocycles. The predicted molar refractivity (Wildman–Crippen MR) is 98.9 cm³/mol. The topological polar surface area (TPSA) is 87.9 Å². The van der Waals surface area contributed by atoms with Gasteiger partial charge in [-0.3, -0.25) is 4.79 Å². The van der Waals surface area contributed by atoms with Gasteiger partial charge in [-0.1, -0.05) is 11.8 Å². The third kappa shape index (κ3) is 3.99. The Morgan fingerprint density at radius 1 is 1.30 bits per heavy atom.